The molecule has 0 saturated heterocycles. The maximum absolute atomic E-state index is 6.34. The molecule has 2 heterocycles. The minimum Gasteiger partial charge on any atom is -0.318 e. The molecule has 0 spiro atoms. The number of aromatic nitrogens is 1. The van der Waals surface area contributed by atoms with E-state index in [1.54, 1.807) is 11.8 Å². The molecule has 3 nitrogen and oxygen atoms in total. The van der Waals surface area contributed by atoms with E-state index in [0.717, 1.165) is 26.9 Å². The number of aryl methyl sites for hydroxylation is 1. The first-order chi connectivity index (χ1) is 12.6. The van der Waals surface area contributed by atoms with Crippen LogP contribution in [0.5, 0.6) is 0 Å². The van der Waals surface area contributed by atoms with Crippen molar-refractivity contribution in [3.8, 4) is 5.69 Å². The molecule has 0 saturated carbocycles. The summed E-state index contributed by atoms with van der Waals surface area (Å²) in [5.74, 6) is 0. The van der Waals surface area contributed by atoms with E-state index in [-0.39, 0.29) is 5.37 Å². The van der Waals surface area contributed by atoms with Crippen LogP contribution in [-0.4, -0.2) is 9.61 Å². The van der Waals surface area contributed by atoms with Crippen LogP contribution >= 0.6 is 23.4 Å². The first kappa shape index (κ1) is 17.3. The molecular formula is C21H20ClN3S. The van der Waals surface area contributed by atoms with E-state index in [1.165, 1.54) is 17.0 Å². The van der Waals surface area contributed by atoms with Gasteiger partial charge in [-0.25, -0.2) is 0 Å². The first-order valence-electron chi connectivity index (χ1n) is 8.56. The maximum Gasteiger partial charge on any atom is 0.126 e. The van der Waals surface area contributed by atoms with Crippen molar-refractivity contribution < 1.29 is 0 Å². The van der Waals surface area contributed by atoms with Gasteiger partial charge in [0.2, 0.25) is 0 Å². The lowest BCUT2D eigenvalue weighted by atomic mass is 10.2. The summed E-state index contributed by atoms with van der Waals surface area (Å²) in [6, 6.07) is 18.6. The van der Waals surface area contributed by atoms with Crippen LogP contribution in [0, 0.1) is 20.8 Å². The van der Waals surface area contributed by atoms with E-state index in [0.29, 0.717) is 0 Å². The van der Waals surface area contributed by atoms with Gasteiger partial charge < -0.3 is 4.57 Å². The van der Waals surface area contributed by atoms with Gasteiger partial charge in [0.15, 0.2) is 0 Å². The van der Waals surface area contributed by atoms with Crippen molar-refractivity contribution >= 4 is 28.4 Å². The van der Waals surface area contributed by atoms with Gasteiger partial charge in [0.25, 0.3) is 0 Å². The van der Waals surface area contributed by atoms with Crippen molar-refractivity contribution in [2.75, 3.05) is 0 Å². The summed E-state index contributed by atoms with van der Waals surface area (Å²) in [5, 5.41) is 6.48. The van der Waals surface area contributed by atoms with Crippen LogP contribution in [0.4, 0.5) is 0 Å². The summed E-state index contributed by atoms with van der Waals surface area (Å²) < 4.78 is 2.28. The molecule has 1 N–H and O–H groups in total. The van der Waals surface area contributed by atoms with Crippen LogP contribution in [0.25, 0.3) is 5.69 Å². The van der Waals surface area contributed by atoms with Crippen LogP contribution in [0.2, 0.25) is 5.02 Å². The standard InChI is InChI=1S/C21H20ClN3S/c1-13-12-17(15(3)25(13)19-11-7-10-18(22)14(19)2)21-24-23-20(26-21)16-8-5-4-6-9-16/h4-12,21,24H,1-3H3/t21-/m0/s1. The normalized spacial score (nSPS) is 16.5. The van der Waals surface area contributed by atoms with Gasteiger partial charge in [-0.1, -0.05) is 59.8 Å². The van der Waals surface area contributed by atoms with Crippen LogP contribution in [0.1, 0.15) is 33.5 Å². The Kier molecular flexibility index (Phi) is 4.55. The molecule has 0 bridgehead atoms. The molecular weight excluding hydrogens is 362 g/mol. The fourth-order valence-electron chi connectivity index (χ4n) is 3.39. The number of hydrazone groups is 1. The molecule has 0 aliphatic carbocycles. The maximum atomic E-state index is 6.34. The van der Waals surface area contributed by atoms with Crippen molar-refractivity contribution in [2.45, 2.75) is 26.1 Å². The second kappa shape index (κ2) is 6.86. The summed E-state index contributed by atoms with van der Waals surface area (Å²) in [6.45, 7) is 6.36. The van der Waals surface area contributed by atoms with E-state index in [1.807, 2.05) is 30.3 Å². The molecule has 0 amide bonds. The van der Waals surface area contributed by atoms with E-state index in [2.05, 4.69) is 60.1 Å². The zero-order chi connectivity index (χ0) is 18.3. The lowest BCUT2D eigenvalue weighted by Gasteiger charge is -2.15. The average Bonchev–Trinajstić information content (AvgIpc) is 3.24. The van der Waals surface area contributed by atoms with Gasteiger partial charge in [0.1, 0.15) is 10.4 Å². The number of halogens is 1. The molecule has 1 aliphatic heterocycles. The Morgan fingerprint density at radius 2 is 1.81 bits per heavy atom. The van der Waals surface area contributed by atoms with E-state index in [4.69, 9.17) is 11.6 Å². The summed E-state index contributed by atoms with van der Waals surface area (Å²) >= 11 is 8.10. The van der Waals surface area contributed by atoms with Crippen molar-refractivity contribution in [2.24, 2.45) is 5.10 Å². The first-order valence-corrected chi connectivity index (χ1v) is 9.81. The Bertz CT molecular complexity index is 992. The highest BCUT2D eigenvalue weighted by atomic mass is 35.5. The molecule has 132 valence electrons. The number of hydrogen-bond acceptors (Lipinski definition) is 3. The number of benzene rings is 2. The summed E-state index contributed by atoms with van der Waals surface area (Å²) in [4.78, 5) is 0. The lowest BCUT2D eigenvalue weighted by Crippen LogP contribution is -2.08. The Morgan fingerprint density at radius 3 is 2.58 bits per heavy atom. The number of nitrogens with one attached hydrogen (secondary N) is 1. The van der Waals surface area contributed by atoms with Gasteiger partial charge >= 0.3 is 0 Å². The van der Waals surface area contributed by atoms with Gasteiger partial charge in [-0.3, -0.25) is 5.43 Å². The number of rotatable bonds is 3. The zero-order valence-electron chi connectivity index (χ0n) is 15.0. The third-order valence-corrected chi connectivity index (χ3v) is 6.32. The predicted octanol–water partition coefficient (Wildman–Crippen LogP) is 5.75. The highest BCUT2D eigenvalue weighted by Crippen LogP contribution is 2.38. The van der Waals surface area contributed by atoms with Crippen molar-refractivity contribution in [1.82, 2.24) is 9.99 Å². The second-order valence-corrected chi connectivity index (χ2v) is 7.96. The van der Waals surface area contributed by atoms with E-state index in [9.17, 15) is 0 Å². The average molecular weight is 382 g/mol. The molecule has 3 aromatic rings. The molecule has 1 atom stereocenters. The summed E-state index contributed by atoms with van der Waals surface area (Å²) in [5.41, 5.74) is 10.3. The Balaban J connectivity index is 1.67. The van der Waals surface area contributed by atoms with Gasteiger partial charge in [-0.15, -0.1) is 0 Å². The third kappa shape index (κ3) is 2.93. The van der Waals surface area contributed by atoms with Gasteiger partial charge in [0.05, 0.1) is 0 Å². The molecule has 0 fully saturated rings. The Morgan fingerprint density at radius 1 is 1.04 bits per heavy atom. The highest BCUT2D eigenvalue weighted by molar-refractivity contribution is 8.14. The topological polar surface area (TPSA) is 29.3 Å². The smallest absolute Gasteiger partial charge is 0.126 e. The zero-order valence-corrected chi connectivity index (χ0v) is 16.5. The second-order valence-electron chi connectivity index (χ2n) is 6.46. The van der Waals surface area contributed by atoms with Crippen LogP contribution in [-0.2, 0) is 0 Å². The van der Waals surface area contributed by atoms with E-state index < -0.39 is 0 Å². The minimum absolute atomic E-state index is 0.115. The van der Waals surface area contributed by atoms with Gasteiger partial charge in [0, 0.05) is 33.2 Å². The molecule has 4 rings (SSSR count). The molecule has 0 radical (unpaired) electrons. The molecule has 26 heavy (non-hydrogen) atoms. The highest BCUT2D eigenvalue weighted by Gasteiger charge is 2.26. The van der Waals surface area contributed by atoms with Crippen LogP contribution in [0.3, 0.4) is 0 Å². The molecule has 0 unspecified atom stereocenters. The quantitative estimate of drug-likeness (QED) is 0.625. The van der Waals surface area contributed by atoms with Crippen molar-refractivity contribution in [3.05, 3.63) is 87.7 Å². The largest absolute Gasteiger partial charge is 0.318 e. The molecule has 1 aliphatic rings. The lowest BCUT2D eigenvalue weighted by molar-refractivity contribution is 0.737. The Hall–Kier alpha value is -2.17. The third-order valence-electron chi connectivity index (χ3n) is 4.77. The Labute approximate surface area is 163 Å². The van der Waals surface area contributed by atoms with Crippen molar-refractivity contribution in [3.63, 3.8) is 0 Å². The summed E-state index contributed by atoms with van der Waals surface area (Å²) in [6.07, 6.45) is 0. The monoisotopic (exact) mass is 381 g/mol. The number of nitrogens with zero attached hydrogens (tertiary/aromatic N) is 2. The van der Waals surface area contributed by atoms with Crippen LogP contribution in [0.15, 0.2) is 59.7 Å². The van der Waals surface area contributed by atoms with Gasteiger partial charge in [-0.05, 0) is 44.5 Å². The fourth-order valence-corrected chi connectivity index (χ4v) is 4.63. The van der Waals surface area contributed by atoms with Gasteiger partial charge in [-0.2, -0.15) is 5.10 Å². The predicted molar refractivity (Wildman–Crippen MR) is 111 cm³/mol. The minimum atomic E-state index is 0.115. The van der Waals surface area contributed by atoms with Crippen molar-refractivity contribution in [1.29, 1.82) is 0 Å². The number of hydrogen-bond donors (Lipinski definition) is 1. The molecule has 5 heteroatoms. The fraction of sp³-hybridized carbons (Fsp3) is 0.190. The summed E-state index contributed by atoms with van der Waals surface area (Å²) in [7, 11) is 0. The van der Waals surface area contributed by atoms with Crippen LogP contribution < -0.4 is 5.43 Å². The molecule has 2 aromatic carbocycles. The molecule has 1 aromatic heterocycles. The SMILES string of the molecule is Cc1c(Cl)cccc1-n1c(C)cc([C@H]2NN=C(c3ccccc3)S2)c1C. The van der Waals surface area contributed by atoms with E-state index >= 15 is 0 Å². The number of thioether (sulfide) groups is 1.